The summed E-state index contributed by atoms with van der Waals surface area (Å²) in [6, 6.07) is 0. The Morgan fingerprint density at radius 3 is 2.81 bits per heavy atom. The van der Waals surface area contributed by atoms with E-state index in [1.807, 2.05) is 0 Å². The number of hydrogen-bond donors (Lipinski definition) is 1. The number of carbonyl (C=O) groups excluding carboxylic acids is 1. The van der Waals surface area contributed by atoms with Crippen molar-refractivity contribution in [1.29, 1.82) is 0 Å². The first-order valence-corrected chi connectivity index (χ1v) is 11.0. The van der Waals surface area contributed by atoms with E-state index >= 15 is 0 Å². The molecule has 0 aromatic heterocycles. The van der Waals surface area contributed by atoms with Crippen LogP contribution in [0.3, 0.4) is 0 Å². The van der Waals surface area contributed by atoms with Crippen LogP contribution in [-0.2, 0) is 9.53 Å². The van der Waals surface area contributed by atoms with Gasteiger partial charge in [0.05, 0.1) is 12.6 Å². The Morgan fingerprint density at radius 2 is 2.04 bits per heavy atom. The average molecular weight is 372 g/mol. The zero-order valence-corrected chi connectivity index (χ0v) is 16.7. The van der Waals surface area contributed by atoms with Gasteiger partial charge in [0.25, 0.3) is 0 Å². The number of aliphatic hydroxyl groups excluding tert-OH is 1. The zero-order valence-electron chi connectivity index (χ0n) is 16.7. The smallest absolute Gasteiger partial charge is 0.208 e. The number of aliphatic imine (C=N–C) groups is 1. The quantitative estimate of drug-likeness (QED) is 0.760. The highest BCUT2D eigenvalue weighted by molar-refractivity contribution is 5.89. The number of aliphatic hydroxyl groups is 1. The summed E-state index contributed by atoms with van der Waals surface area (Å²) in [7, 11) is 0. The molecule has 0 aromatic rings. The van der Waals surface area contributed by atoms with E-state index < -0.39 is 0 Å². The molecular formula is C23H33NO3. The minimum absolute atomic E-state index is 0.0875. The molecule has 4 nitrogen and oxygen atoms in total. The second-order valence-corrected chi connectivity index (χ2v) is 10.3. The van der Waals surface area contributed by atoms with Gasteiger partial charge >= 0.3 is 0 Å². The van der Waals surface area contributed by atoms with Crippen LogP contribution in [0.4, 0.5) is 0 Å². The van der Waals surface area contributed by atoms with Crippen molar-refractivity contribution in [3.05, 3.63) is 11.6 Å². The lowest BCUT2D eigenvalue weighted by molar-refractivity contribution is -0.156. The van der Waals surface area contributed by atoms with Crippen molar-refractivity contribution in [3.8, 4) is 0 Å². The average Bonchev–Trinajstić information content (AvgIpc) is 3.25. The molecule has 0 bridgehead atoms. The number of ketones is 1. The minimum atomic E-state index is -0.273. The normalized spacial score (nSPS) is 50.6. The van der Waals surface area contributed by atoms with E-state index in [1.165, 1.54) is 24.8 Å². The Balaban J connectivity index is 1.45. The van der Waals surface area contributed by atoms with E-state index in [1.54, 1.807) is 0 Å². The first-order valence-electron chi connectivity index (χ1n) is 11.0. The van der Waals surface area contributed by atoms with Crippen molar-refractivity contribution in [2.75, 3.05) is 13.2 Å². The van der Waals surface area contributed by atoms with Crippen LogP contribution in [0, 0.1) is 34.5 Å². The molecule has 4 fully saturated rings. The van der Waals surface area contributed by atoms with Crippen LogP contribution >= 0.6 is 0 Å². The number of rotatable bonds is 1. The van der Waals surface area contributed by atoms with E-state index in [-0.39, 0.29) is 22.9 Å². The number of allylic oxidation sites excluding steroid dienone is 1. The third-order valence-electron chi connectivity index (χ3n) is 9.18. The van der Waals surface area contributed by atoms with Gasteiger partial charge in [-0.25, -0.2) is 4.99 Å². The third-order valence-corrected chi connectivity index (χ3v) is 9.18. The van der Waals surface area contributed by atoms with Gasteiger partial charge in [-0.05, 0) is 79.6 Å². The van der Waals surface area contributed by atoms with Crippen LogP contribution in [-0.4, -0.2) is 36.0 Å². The Kier molecular flexibility index (Phi) is 4.09. The molecule has 5 aliphatic rings. The molecule has 4 heteroatoms. The Labute approximate surface area is 162 Å². The molecule has 1 N–H and O–H groups in total. The van der Waals surface area contributed by atoms with Gasteiger partial charge in [0, 0.05) is 12.3 Å². The molecule has 7 atom stereocenters. The molecule has 1 unspecified atom stereocenters. The lowest BCUT2D eigenvalue weighted by Gasteiger charge is -2.59. The highest BCUT2D eigenvalue weighted by Gasteiger charge is 2.61. The van der Waals surface area contributed by atoms with Crippen LogP contribution in [0.5, 0.6) is 0 Å². The van der Waals surface area contributed by atoms with E-state index in [0.717, 1.165) is 38.1 Å². The second-order valence-electron chi connectivity index (χ2n) is 10.3. The molecule has 0 aromatic carbocycles. The second kappa shape index (κ2) is 6.17. The SMILES string of the molecule is C[C@]12CC[C@H](O)CC1C(=O)C[C@@H]1[C@@H]2CC[C@]2(C)/C(=C/C3=NCCO3)CC[C@@H]12. The largest absolute Gasteiger partial charge is 0.476 e. The van der Waals surface area contributed by atoms with Gasteiger partial charge in [0.15, 0.2) is 0 Å². The van der Waals surface area contributed by atoms with E-state index in [9.17, 15) is 9.90 Å². The highest BCUT2D eigenvalue weighted by Crippen LogP contribution is 2.66. The fraction of sp³-hybridized carbons (Fsp3) is 0.826. The summed E-state index contributed by atoms with van der Waals surface area (Å²) in [6.07, 6.45) is 10.0. The zero-order chi connectivity index (χ0) is 18.8. The Bertz CT molecular complexity index is 712. The molecule has 5 rings (SSSR count). The fourth-order valence-electron chi connectivity index (χ4n) is 7.69. The number of nitrogens with zero attached hydrogens (tertiary/aromatic N) is 1. The van der Waals surface area contributed by atoms with E-state index in [0.29, 0.717) is 36.6 Å². The van der Waals surface area contributed by atoms with Crippen molar-refractivity contribution in [1.82, 2.24) is 0 Å². The summed E-state index contributed by atoms with van der Waals surface area (Å²) in [6.45, 7) is 6.30. The van der Waals surface area contributed by atoms with Crippen molar-refractivity contribution >= 4 is 11.7 Å². The topological polar surface area (TPSA) is 58.9 Å². The van der Waals surface area contributed by atoms with Crippen molar-refractivity contribution in [2.45, 2.75) is 71.3 Å². The van der Waals surface area contributed by atoms with Crippen LogP contribution in [0.15, 0.2) is 16.6 Å². The van der Waals surface area contributed by atoms with E-state index in [2.05, 4.69) is 24.9 Å². The molecule has 1 aliphatic heterocycles. The predicted octanol–water partition coefficient (Wildman–Crippen LogP) is 3.92. The lowest BCUT2D eigenvalue weighted by atomic mass is 9.44. The maximum Gasteiger partial charge on any atom is 0.208 e. The van der Waals surface area contributed by atoms with Crippen LogP contribution in [0.2, 0.25) is 0 Å². The minimum Gasteiger partial charge on any atom is -0.476 e. The molecule has 148 valence electrons. The molecule has 1 heterocycles. The van der Waals surface area contributed by atoms with Gasteiger partial charge in [-0.2, -0.15) is 0 Å². The third kappa shape index (κ3) is 2.58. The van der Waals surface area contributed by atoms with Gasteiger partial charge in [-0.3, -0.25) is 4.79 Å². The summed E-state index contributed by atoms with van der Waals surface area (Å²) < 4.78 is 5.66. The standard InChI is InChI=1S/C23H33NO3/c1-22-8-6-18-16(13-20(26)19-12-15(25)5-7-23(18,19)2)17(22)4-3-14(22)11-21-24-9-10-27-21/h11,15-19,25H,3-10,12-13H2,1-2H3/b14-11+/t15-,16-,17-,18-,19?,22+,23+/m0/s1. The summed E-state index contributed by atoms with van der Waals surface area (Å²) in [5.74, 6) is 3.11. The van der Waals surface area contributed by atoms with Gasteiger partial charge < -0.3 is 9.84 Å². The van der Waals surface area contributed by atoms with Gasteiger partial charge in [0.2, 0.25) is 5.90 Å². The maximum atomic E-state index is 13.1. The van der Waals surface area contributed by atoms with Crippen molar-refractivity contribution in [3.63, 3.8) is 0 Å². The molecule has 0 spiro atoms. The Hall–Kier alpha value is -1.16. The van der Waals surface area contributed by atoms with Gasteiger partial charge in [-0.1, -0.05) is 19.4 Å². The Morgan fingerprint density at radius 1 is 1.19 bits per heavy atom. The fourth-order valence-corrected chi connectivity index (χ4v) is 7.69. The first kappa shape index (κ1) is 17.9. The van der Waals surface area contributed by atoms with Crippen LogP contribution in [0.1, 0.15) is 65.2 Å². The molecular weight excluding hydrogens is 338 g/mol. The van der Waals surface area contributed by atoms with Crippen molar-refractivity contribution in [2.24, 2.45) is 39.5 Å². The molecule has 0 saturated heterocycles. The van der Waals surface area contributed by atoms with Crippen molar-refractivity contribution < 1.29 is 14.6 Å². The molecule has 4 saturated carbocycles. The maximum absolute atomic E-state index is 13.1. The molecule has 0 radical (unpaired) electrons. The number of hydrogen-bond acceptors (Lipinski definition) is 4. The molecule has 27 heavy (non-hydrogen) atoms. The van der Waals surface area contributed by atoms with Gasteiger partial charge in [-0.15, -0.1) is 0 Å². The summed E-state index contributed by atoms with van der Waals surface area (Å²) in [5.41, 5.74) is 1.81. The predicted molar refractivity (Wildman–Crippen MR) is 104 cm³/mol. The number of Topliss-reactive ketones (excluding diaryl/α,β-unsaturated/α-hetero) is 1. The summed E-state index contributed by atoms with van der Waals surface area (Å²) in [5, 5.41) is 10.2. The molecule has 4 aliphatic carbocycles. The molecule has 0 amide bonds. The summed E-state index contributed by atoms with van der Waals surface area (Å²) in [4.78, 5) is 17.6. The number of carbonyl (C=O) groups is 1. The number of fused-ring (bicyclic) bond motifs is 5. The monoisotopic (exact) mass is 371 g/mol. The first-order chi connectivity index (χ1) is 12.9. The summed E-state index contributed by atoms with van der Waals surface area (Å²) >= 11 is 0. The van der Waals surface area contributed by atoms with Gasteiger partial charge in [0.1, 0.15) is 12.4 Å². The number of ether oxygens (including phenoxy) is 1. The van der Waals surface area contributed by atoms with Crippen LogP contribution < -0.4 is 0 Å². The van der Waals surface area contributed by atoms with Crippen LogP contribution in [0.25, 0.3) is 0 Å². The highest BCUT2D eigenvalue weighted by atomic mass is 16.5. The lowest BCUT2D eigenvalue weighted by Crippen LogP contribution is -2.56. The van der Waals surface area contributed by atoms with E-state index in [4.69, 9.17) is 4.74 Å².